The average molecular weight is 614 g/mol. The van der Waals surface area contributed by atoms with Gasteiger partial charge in [-0.05, 0) is 104 Å². The van der Waals surface area contributed by atoms with Crippen molar-refractivity contribution >= 4 is 28.6 Å². The molecule has 0 radical (unpaired) electrons. The fourth-order valence-electron chi connectivity index (χ4n) is 4.57. The summed E-state index contributed by atoms with van der Waals surface area (Å²) < 4.78 is 36.8. The Morgan fingerprint density at radius 1 is 0.956 bits per heavy atom. The third-order valence-corrected chi connectivity index (χ3v) is 6.95. The van der Waals surface area contributed by atoms with Crippen molar-refractivity contribution in [1.82, 2.24) is 5.32 Å². The molecule has 0 aliphatic heterocycles. The summed E-state index contributed by atoms with van der Waals surface area (Å²) in [7, 11) is 1.50. The fraction of sp³-hybridized carbons (Fsp3) is 0.222. The molecule has 9 heteroatoms. The number of carbonyl (C=O) groups excluding carboxylic acids is 1. The van der Waals surface area contributed by atoms with Gasteiger partial charge in [-0.25, -0.2) is 0 Å². The molecule has 0 saturated heterocycles. The Morgan fingerprint density at radius 3 is 2.29 bits per heavy atom. The molecule has 1 unspecified atom stereocenters. The zero-order valence-corrected chi connectivity index (χ0v) is 25.4. The molecule has 45 heavy (non-hydrogen) atoms. The van der Waals surface area contributed by atoms with Crippen LogP contribution in [0.2, 0.25) is 0 Å². The van der Waals surface area contributed by atoms with Gasteiger partial charge < -0.3 is 21.7 Å². The van der Waals surface area contributed by atoms with Crippen LogP contribution < -0.4 is 21.7 Å². The van der Waals surface area contributed by atoms with Crippen LogP contribution in [0.4, 0.5) is 24.5 Å². The first kappa shape index (κ1) is 34.6. The normalized spacial score (nSPS) is 13.2. The number of nitrogens with two attached hydrogens (primary N) is 1. The van der Waals surface area contributed by atoms with Gasteiger partial charge in [0.2, 0.25) is 6.41 Å². The summed E-state index contributed by atoms with van der Waals surface area (Å²) in [4.78, 5) is 10.8. The summed E-state index contributed by atoms with van der Waals surface area (Å²) in [6, 6.07) is 31.7. The zero-order valence-electron chi connectivity index (χ0n) is 25.4. The van der Waals surface area contributed by atoms with E-state index in [1.54, 1.807) is 24.3 Å². The second-order valence-corrected chi connectivity index (χ2v) is 10.4. The largest absolute Gasteiger partial charge is 0.415 e. The fourth-order valence-corrected chi connectivity index (χ4v) is 4.57. The number of fused-ring (bicyclic) bond motifs is 1. The molecule has 4 aromatic carbocycles. The Balaban J connectivity index is 0.000000246. The molecule has 234 valence electrons. The Hall–Kier alpha value is -4.91. The number of nitrogens with one attached hydrogen (secondary N) is 3. The number of allylic oxidation sites excluding steroid dienone is 3. The second kappa shape index (κ2) is 16.8. The van der Waals surface area contributed by atoms with Crippen molar-refractivity contribution < 1.29 is 18.0 Å². The van der Waals surface area contributed by atoms with Crippen LogP contribution >= 0.6 is 0 Å². The van der Waals surface area contributed by atoms with E-state index in [0.717, 1.165) is 30.6 Å². The number of nitrogens with zero attached hydrogens (tertiary/aromatic N) is 1. The molecule has 1 aliphatic rings. The molecule has 0 aromatic heterocycles. The minimum atomic E-state index is -4.43. The van der Waals surface area contributed by atoms with E-state index >= 15 is 0 Å². The van der Waals surface area contributed by atoms with Gasteiger partial charge in [-0.1, -0.05) is 61.2 Å². The molecule has 0 bridgehead atoms. The van der Waals surface area contributed by atoms with E-state index in [1.807, 2.05) is 24.3 Å². The molecular weight excluding hydrogens is 575 g/mol. The first-order valence-electron chi connectivity index (χ1n) is 14.5. The Kier molecular flexibility index (Phi) is 12.9. The Morgan fingerprint density at radius 2 is 1.62 bits per heavy atom. The third-order valence-electron chi connectivity index (χ3n) is 6.95. The summed E-state index contributed by atoms with van der Waals surface area (Å²) in [6.07, 6.45) is -0.146. The lowest BCUT2D eigenvalue weighted by Crippen LogP contribution is -2.24. The van der Waals surface area contributed by atoms with Gasteiger partial charge in [0.1, 0.15) is 0 Å². The maximum absolute atomic E-state index is 12.3. The van der Waals surface area contributed by atoms with E-state index in [0.29, 0.717) is 16.9 Å². The molecular formula is C36H38F3N5O. The molecule has 4 aromatic rings. The number of amides is 1. The topological polar surface area (TPSA) is 103 Å². The minimum absolute atomic E-state index is 0.124. The standard InChI is InChI=1S/C22H22N2O.C13H11F3N2.CH5N/c25-15-24-21-7-3-6-19(13-21)22(23-14-16-8-9-16)20-11-10-17-4-1-2-5-18(17)12-20;1-9(13(14,15)16)6-10(2)18-12-5-3-4-11(7-12)8-17;1-2/h1-7,10-13,15-16,22-23H,8-9,14H2,(H,24,25);3-7,18H,1H2,2H3;2H2,1H3/b;10-6-;. The zero-order chi connectivity index (χ0) is 32.8. The Bertz CT molecular complexity index is 1650. The molecule has 1 aliphatic carbocycles. The van der Waals surface area contributed by atoms with E-state index < -0.39 is 11.7 Å². The molecule has 1 amide bonds. The van der Waals surface area contributed by atoms with E-state index in [-0.39, 0.29) is 6.04 Å². The summed E-state index contributed by atoms with van der Waals surface area (Å²) in [5.74, 6) is 0.805. The van der Waals surface area contributed by atoms with Crippen LogP contribution in [0.15, 0.2) is 115 Å². The predicted molar refractivity (Wildman–Crippen MR) is 176 cm³/mol. The van der Waals surface area contributed by atoms with Crippen LogP contribution in [0.3, 0.4) is 0 Å². The van der Waals surface area contributed by atoms with Crippen LogP contribution in [0, 0.1) is 17.2 Å². The molecule has 5 rings (SSSR count). The van der Waals surface area contributed by atoms with Crippen molar-refractivity contribution in [2.45, 2.75) is 32.0 Å². The van der Waals surface area contributed by atoms with E-state index in [1.165, 1.54) is 48.7 Å². The molecule has 6 nitrogen and oxygen atoms in total. The predicted octanol–water partition coefficient (Wildman–Crippen LogP) is 8.06. The molecule has 0 heterocycles. The minimum Gasteiger partial charge on any atom is -0.359 e. The molecule has 5 N–H and O–H groups in total. The first-order chi connectivity index (χ1) is 21.7. The van der Waals surface area contributed by atoms with Crippen molar-refractivity contribution in [1.29, 1.82) is 5.26 Å². The second-order valence-electron chi connectivity index (χ2n) is 10.4. The smallest absolute Gasteiger partial charge is 0.359 e. The lowest BCUT2D eigenvalue weighted by molar-refractivity contribution is -0.105. The maximum atomic E-state index is 12.3. The van der Waals surface area contributed by atoms with E-state index in [4.69, 9.17) is 5.26 Å². The van der Waals surface area contributed by atoms with Crippen molar-refractivity contribution in [3.8, 4) is 6.07 Å². The number of hydrogen-bond donors (Lipinski definition) is 4. The van der Waals surface area contributed by atoms with E-state index in [9.17, 15) is 18.0 Å². The number of hydrogen-bond acceptors (Lipinski definition) is 5. The molecule has 1 atom stereocenters. The van der Waals surface area contributed by atoms with Gasteiger partial charge in [-0.3, -0.25) is 4.79 Å². The van der Waals surface area contributed by atoms with Crippen LogP contribution in [0.5, 0.6) is 0 Å². The summed E-state index contributed by atoms with van der Waals surface area (Å²) in [5, 5.41) is 20.5. The van der Waals surface area contributed by atoms with E-state index in [2.05, 4.69) is 76.8 Å². The highest BCUT2D eigenvalue weighted by Gasteiger charge is 2.30. The van der Waals surface area contributed by atoms with Gasteiger partial charge in [0, 0.05) is 17.1 Å². The highest BCUT2D eigenvalue weighted by atomic mass is 19.4. The molecule has 1 saturated carbocycles. The maximum Gasteiger partial charge on any atom is 0.415 e. The number of nitriles is 1. The van der Waals surface area contributed by atoms with Crippen molar-refractivity contribution in [2.24, 2.45) is 11.7 Å². The lowest BCUT2D eigenvalue weighted by Gasteiger charge is -2.21. The lowest BCUT2D eigenvalue weighted by atomic mass is 9.95. The van der Waals surface area contributed by atoms with Crippen LogP contribution in [0.1, 0.15) is 42.5 Å². The number of carbonyl (C=O) groups is 1. The average Bonchev–Trinajstić information content (AvgIpc) is 3.87. The molecule has 0 spiro atoms. The first-order valence-corrected chi connectivity index (χ1v) is 14.5. The number of rotatable bonds is 10. The Labute approximate surface area is 262 Å². The molecule has 1 fully saturated rings. The van der Waals surface area contributed by atoms with Gasteiger partial charge >= 0.3 is 6.18 Å². The quantitative estimate of drug-likeness (QED) is 0.107. The SMILES string of the molecule is C=C(/C=C(/C)Nc1cccc(C#N)c1)C(F)(F)F.CN.O=CNc1cccc(C(NCC2CC2)c2ccc3ccccc3c2)c1. The van der Waals surface area contributed by atoms with Crippen molar-refractivity contribution in [2.75, 3.05) is 24.2 Å². The third kappa shape index (κ3) is 10.9. The highest BCUT2D eigenvalue weighted by Crippen LogP contribution is 2.32. The summed E-state index contributed by atoms with van der Waals surface area (Å²) in [5.41, 5.74) is 8.11. The van der Waals surface area contributed by atoms with Gasteiger partial charge in [0.05, 0.1) is 23.2 Å². The van der Waals surface area contributed by atoms with Crippen LogP contribution in [-0.2, 0) is 4.79 Å². The van der Waals surface area contributed by atoms with Gasteiger partial charge in [0.15, 0.2) is 0 Å². The van der Waals surface area contributed by atoms with Gasteiger partial charge in [-0.15, -0.1) is 0 Å². The monoisotopic (exact) mass is 613 g/mol. The van der Waals surface area contributed by atoms with Gasteiger partial charge in [-0.2, -0.15) is 18.4 Å². The number of halogens is 3. The van der Waals surface area contributed by atoms with Crippen molar-refractivity contribution in [3.05, 3.63) is 132 Å². The number of benzene rings is 4. The summed E-state index contributed by atoms with van der Waals surface area (Å²) in [6.45, 7) is 5.47. The number of anilines is 2. The van der Waals surface area contributed by atoms with Crippen LogP contribution in [0.25, 0.3) is 10.8 Å². The van der Waals surface area contributed by atoms with Crippen molar-refractivity contribution in [3.63, 3.8) is 0 Å². The van der Waals surface area contributed by atoms with Gasteiger partial charge in [0.25, 0.3) is 0 Å². The highest BCUT2D eigenvalue weighted by molar-refractivity contribution is 5.83. The number of alkyl halides is 3. The summed E-state index contributed by atoms with van der Waals surface area (Å²) >= 11 is 0. The van der Waals surface area contributed by atoms with Crippen LogP contribution in [-0.4, -0.2) is 26.2 Å².